The zero-order valence-corrected chi connectivity index (χ0v) is 11.8. The lowest BCUT2D eigenvalue weighted by atomic mass is 10.1. The fourth-order valence-electron chi connectivity index (χ4n) is 2.24. The van der Waals surface area contributed by atoms with Crippen molar-refractivity contribution in [3.63, 3.8) is 0 Å². The molecular weight excluding hydrogens is 236 g/mol. The van der Waals surface area contributed by atoms with Crippen LogP contribution < -0.4 is 10.1 Å². The third-order valence-corrected chi connectivity index (χ3v) is 3.30. The lowest BCUT2D eigenvalue weighted by Gasteiger charge is -2.11. The van der Waals surface area contributed by atoms with E-state index in [0.717, 1.165) is 28.9 Å². The highest BCUT2D eigenvalue weighted by Gasteiger charge is 2.05. The summed E-state index contributed by atoms with van der Waals surface area (Å²) >= 11 is 0. The van der Waals surface area contributed by atoms with Gasteiger partial charge in [0.25, 0.3) is 0 Å². The number of pyridine rings is 1. The molecule has 3 heteroatoms. The zero-order valence-electron chi connectivity index (χ0n) is 11.8. The van der Waals surface area contributed by atoms with Crippen molar-refractivity contribution in [1.82, 2.24) is 4.98 Å². The Kier molecular flexibility index (Phi) is 5.01. The second-order valence-corrected chi connectivity index (χ2v) is 4.70. The number of rotatable bonds is 7. The van der Waals surface area contributed by atoms with Crippen molar-refractivity contribution in [2.45, 2.75) is 32.6 Å². The number of para-hydroxylation sites is 1. The van der Waals surface area contributed by atoms with Crippen LogP contribution in [0.2, 0.25) is 0 Å². The molecule has 0 bridgehead atoms. The molecule has 1 aromatic carbocycles. The molecule has 0 radical (unpaired) electrons. The van der Waals surface area contributed by atoms with Gasteiger partial charge in [-0.15, -0.1) is 0 Å². The molecule has 0 fully saturated rings. The molecule has 1 aromatic heterocycles. The third-order valence-electron chi connectivity index (χ3n) is 3.30. The Morgan fingerprint density at radius 1 is 1.16 bits per heavy atom. The molecule has 0 amide bonds. The second-order valence-electron chi connectivity index (χ2n) is 4.70. The van der Waals surface area contributed by atoms with Gasteiger partial charge in [-0.3, -0.25) is 4.98 Å². The topological polar surface area (TPSA) is 34.2 Å². The van der Waals surface area contributed by atoms with Gasteiger partial charge >= 0.3 is 0 Å². The van der Waals surface area contributed by atoms with Crippen LogP contribution in [0.1, 0.15) is 32.6 Å². The van der Waals surface area contributed by atoms with E-state index >= 15 is 0 Å². The fourth-order valence-corrected chi connectivity index (χ4v) is 2.24. The smallest absolute Gasteiger partial charge is 0.145 e. The van der Waals surface area contributed by atoms with E-state index < -0.39 is 0 Å². The quantitative estimate of drug-likeness (QED) is 0.754. The number of hydrogen-bond acceptors (Lipinski definition) is 3. The first-order valence-electron chi connectivity index (χ1n) is 7.02. The predicted molar refractivity (Wildman–Crippen MR) is 80.9 cm³/mol. The summed E-state index contributed by atoms with van der Waals surface area (Å²) in [5.41, 5.74) is 2.06. The molecule has 0 aliphatic carbocycles. The lowest BCUT2D eigenvalue weighted by molar-refractivity contribution is 0.419. The van der Waals surface area contributed by atoms with Gasteiger partial charge in [0.2, 0.25) is 0 Å². The average molecular weight is 258 g/mol. The summed E-state index contributed by atoms with van der Waals surface area (Å²) in [7, 11) is 1.68. The van der Waals surface area contributed by atoms with Crippen molar-refractivity contribution in [2.24, 2.45) is 0 Å². The van der Waals surface area contributed by atoms with Gasteiger partial charge in [0, 0.05) is 23.8 Å². The number of benzene rings is 1. The van der Waals surface area contributed by atoms with Crippen LogP contribution >= 0.6 is 0 Å². The molecule has 1 N–H and O–H groups in total. The first-order chi connectivity index (χ1) is 9.36. The number of ether oxygens (including phenoxy) is 1. The molecule has 0 spiro atoms. The molecule has 1 heterocycles. The summed E-state index contributed by atoms with van der Waals surface area (Å²) in [6.45, 7) is 3.24. The van der Waals surface area contributed by atoms with Crippen LogP contribution in [0.3, 0.4) is 0 Å². The Labute approximate surface area is 115 Å². The molecule has 0 aliphatic heterocycles. The van der Waals surface area contributed by atoms with Crippen molar-refractivity contribution in [2.75, 3.05) is 19.0 Å². The largest absolute Gasteiger partial charge is 0.494 e. The molecule has 0 atom stereocenters. The molecule has 2 rings (SSSR count). The number of methoxy groups -OCH3 is 1. The maximum Gasteiger partial charge on any atom is 0.145 e. The number of hydrogen-bond donors (Lipinski definition) is 1. The zero-order chi connectivity index (χ0) is 13.5. The minimum Gasteiger partial charge on any atom is -0.494 e. The third kappa shape index (κ3) is 3.37. The average Bonchev–Trinajstić information content (AvgIpc) is 2.46. The molecule has 102 valence electrons. The molecule has 0 unspecified atom stereocenters. The van der Waals surface area contributed by atoms with Crippen molar-refractivity contribution < 1.29 is 4.74 Å². The van der Waals surface area contributed by atoms with Gasteiger partial charge in [-0.25, -0.2) is 0 Å². The Bertz CT molecular complexity index is 525. The van der Waals surface area contributed by atoms with Gasteiger partial charge in [-0.1, -0.05) is 38.3 Å². The lowest BCUT2D eigenvalue weighted by Crippen LogP contribution is -2.02. The highest BCUT2D eigenvalue weighted by molar-refractivity contribution is 5.94. The Morgan fingerprint density at radius 3 is 2.84 bits per heavy atom. The summed E-state index contributed by atoms with van der Waals surface area (Å²) in [4.78, 5) is 4.41. The number of anilines is 1. The monoisotopic (exact) mass is 258 g/mol. The predicted octanol–water partition coefficient (Wildman–Crippen LogP) is 4.24. The molecular formula is C16H22N2O. The summed E-state index contributed by atoms with van der Waals surface area (Å²) < 4.78 is 5.35. The van der Waals surface area contributed by atoms with Crippen LogP contribution in [0.5, 0.6) is 5.75 Å². The molecule has 0 aliphatic rings. The molecule has 3 nitrogen and oxygen atoms in total. The van der Waals surface area contributed by atoms with Crippen LogP contribution in [0.15, 0.2) is 30.5 Å². The van der Waals surface area contributed by atoms with Crippen molar-refractivity contribution >= 4 is 16.6 Å². The number of nitrogens with zero attached hydrogens (tertiary/aromatic N) is 1. The first-order valence-corrected chi connectivity index (χ1v) is 7.02. The molecule has 19 heavy (non-hydrogen) atoms. The van der Waals surface area contributed by atoms with E-state index in [1.807, 2.05) is 24.4 Å². The highest BCUT2D eigenvalue weighted by Crippen LogP contribution is 2.28. The number of nitrogens with one attached hydrogen (secondary N) is 1. The van der Waals surface area contributed by atoms with E-state index in [-0.39, 0.29) is 0 Å². The number of aromatic nitrogens is 1. The summed E-state index contributed by atoms with van der Waals surface area (Å²) in [6, 6.07) is 8.06. The number of unbranched alkanes of at least 4 members (excludes halogenated alkanes) is 3. The van der Waals surface area contributed by atoms with E-state index in [2.05, 4.69) is 23.3 Å². The summed E-state index contributed by atoms with van der Waals surface area (Å²) in [5, 5.41) is 4.62. The van der Waals surface area contributed by atoms with Gasteiger partial charge in [0.15, 0.2) is 0 Å². The van der Waals surface area contributed by atoms with E-state index in [9.17, 15) is 0 Å². The normalized spacial score (nSPS) is 10.6. The first kappa shape index (κ1) is 13.7. The van der Waals surface area contributed by atoms with E-state index in [0.29, 0.717) is 0 Å². The number of fused-ring (bicyclic) bond motifs is 1. The van der Waals surface area contributed by atoms with Crippen LogP contribution in [0, 0.1) is 0 Å². The maximum atomic E-state index is 5.35. The van der Waals surface area contributed by atoms with E-state index in [1.54, 1.807) is 7.11 Å². The summed E-state index contributed by atoms with van der Waals surface area (Å²) in [6.07, 6.45) is 6.92. The molecule has 0 saturated heterocycles. The van der Waals surface area contributed by atoms with E-state index in [4.69, 9.17) is 4.74 Å². The minimum absolute atomic E-state index is 0.826. The minimum atomic E-state index is 0.826. The van der Waals surface area contributed by atoms with E-state index in [1.165, 1.54) is 25.7 Å². The SMILES string of the molecule is CCCCCCNc1ccnc2c(OC)cccc12. The van der Waals surface area contributed by atoms with Crippen LogP contribution in [-0.2, 0) is 0 Å². The van der Waals surface area contributed by atoms with Gasteiger partial charge in [0.05, 0.1) is 7.11 Å². The standard InChI is InChI=1S/C16H22N2O/c1-3-4-5-6-11-17-14-10-12-18-16-13(14)8-7-9-15(16)19-2/h7-10,12H,3-6,11H2,1-2H3,(H,17,18). The van der Waals surface area contributed by atoms with Crippen molar-refractivity contribution in [1.29, 1.82) is 0 Å². The van der Waals surface area contributed by atoms with Crippen molar-refractivity contribution in [3.8, 4) is 5.75 Å². The van der Waals surface area contributed by atoms with Crippen LogP contribution in [0.4, 0.5) is 5.69 Å². The summed E-state index contributed by atoms with van der Waals surface area (Å²) in [5.74, 6) is 0.826. The molecule has 2 aromatic rings. The van der Waals surface area contributed by atoms with Gasteiger partial charge < -0.3 is 10.1 Å². The fraction of sp³-hybridized carbons (Fsp3) is 0.438. The Hall–Kier alpha value is -1.77. The maximum absolute atomic E-state index is 5.35. The van der Waals surface area contributed by atoms with Crippen LogP contribution in [-0.4, -0.2) is 18.6 Å². The van der Waals surface area contributed by atoms with Gasteiger partial charge in [-0.05, 0) is 18.6 Å². The Balaban J connectivity index is 2.10. The van der Waals surface area contributed by atoms with Gasteiger partial charge in [0.1, 0.15) is 11.3 Å². The van der Waals surface area contributed by atoms with Crippen molar-refractivity contribution in [3.05, 3.63) is 30.5 Å². The highest BCUT2D eigenvalue weighted by atomic mass is 16.5. The Morgan fingerprint density at radius 2 is 2.05 bits per heavy atom. The van der Waals surface area contributed by atoms with Gasteiger partial charge in [-0.2, -0.15) is 0 Å². The molecule has 0 saturated carbocycles. The second kappa shape index (κ2) is 6.98. The van der Waals surface area contributed by atoms with Crippen LogP contribution in [0.25, 0.3) is 10.9 Å².